The van der Waals surface area contributed by atoms with Crippen LogP contribution in [0.25, 0.3) is 0 Å². The van der Waals surface area contributed by atoms with E-state index in [1.54, 1.807) is 0 Å². The first kappa shape index (κ1) is 12.1. The summed E-state index contributed by atoms with van der Waals surface area (Å²) < 4.78 is 0. The Labute approximate surface area is 102 Å². The molecule has 1 aromatic rings. The minimum Gasteiger partial charge on any atom is -0.330 e. The molecule has 1 aromatic heterocycles. The molecule has 2 nitrogen and oxygen atoms in total. The van der Waals surface area contributed by atoms with Gasteiger partial charge in [-0.3, -0.25) is 0 Å². The van der Waals surface area contributed by atoms with E-state index in [1.165, 1.54) is 36.4 Å². The number of hydrogen-bond donors (Lipinski definition) is 1. The zero-order valence-corrected chi connectivity index (χ0v) is 11.1. The van der Waals surface area contributed by atoms with Gasteiger partial charge >= 0.3 is 0 Å². The predicted molar refractivity (Wildman–Crippen MR) is 69.9 cm³/mol. The Balaban J connectivity index is 1.97. The van der Waals surface area contributed by atoms with E-state index in [4.69, 9.17) is 10.7 Å². The summed E-state index contributed by atoms with van der Waals surface area (Å²) in [7, 11) is 0. The van der Waals surface area contributed by atoms with Crippen molar-refractivity contribution in [2.45, 2.75) is 51.9 Å². The number of rotatable bonds is 3. The Hall–Kier alpha value is -0.410. The van der Waals surface area contributed by atoms with Crippen molar-refractivity contribution in [3.63, 3.8) is 0 Å². The molecule has 2 rings (SSSR count). The first-order valence-corrected chi connectivity index (χ1v) is 7.13. The summed E-state index contributed by atoms with van der Waals surface area (Å²) in [5.41, 5.74) is 7.29. The molecule has 0 aromatic carbocycles. The molecule has 1 aliphatic rings. The van der Waals surface area contributed by atoms with Crippen molar-refractivity contribution in [2.24, 2.45) is 11.1 Å². The summed E-state index contributed by atoms with van der Waals surface area (Å²) in [6, 6.07) is 0. The van der Waals surface area contributed by atoms with Crippen LogP contribution in [0.5, 0.6) is 0 Å². The van der Waals surface area contributed by atoms with Crippen LogP contribution in [0.1, 0.15) is 56.2 Å². The summed E-state index contributed by atoms with van der Waals surface area (Å²) in [5.74, 6) is 0.713. The average molecular weight is 238 g/mol. The topological polar surface area (TPSA) is 38.9 Å². The predicted octanol–water partition coefficient (Wildman–Crippen LogP) is 3.33. The highest BCUT2D eigenvalue weighted by Crippen LogP contribution is 2.42. The maximum atomic E-state index is 5.55. The van der Waals surface area contributed by atoms with Crippen LogP contribution in [-0.4, -0.2) is 11.5 Å². The molecule has 0 bridgehead atoms. The van der Waals surface area contributed by atoms with Gasteiger partial charge in [0.05, 0.1) is 10.7 Å². The van der Waals surface area contributed by atoms with Gasteiger partial charge < -0.3 is 5.73 Å². The third-order valence-electron chi connectivity index (χ3n) is 3.66. The molecule has 1 fully saturated rings. The molecule has 0 saturated heterocycles. The summed E-state index contributed by atoms with van der Waals surface area (Å²) in [4.78, 5) is 4.71. The van der Waals surface area contributed by atoms with Gasteiger partial charge in [-0.2, -0.15) is 0 Å². The molecule has 1 heterocycles. The summed E-state index contributed by atoms with van der Waals surface area (Å²) in [5, 5.41) is 3.53. The van der Waals surface area contributed by atoms with Crippen molar-refractivity contribution in [2.75, 3.05) is 6.54 Å². The van der Waals surface area contributed by atoms with E-state index in [1.807, 2.05) is 11.3 Å². The molecule has 16 heavy (non-hydrogen) atoms. The second-order valence-corrected chi connectivity index (χ2v) is 6.54. The van der Waals surface area contributed by atoms with E-state index in [9.17, 15) is 0 Å². The second kappa shape index (κ2) is 4.84. The van der Waals surface area contributed by atoms with Gasteiger partial charge in [-0.1, -0.05) is 13.8 Å². The van der Waals surface area contributed by atoms with Gasteiger partial charge in [0.2, 0.25) is 0 Å². The van der Waals surface area contributed by atoms with Crippen molar-refractivity contribution in [3.05, 3.63) is 16.1 Å². The van der Waals surface area contributed by atoms with Crippen LogP contribution in [0.15, 0.2) is 5.38 Å². The number of nitrogens with zero attached hydrogens (tertiary/aromatic N) is 1. The van der Waals surface area contributed by atoms with Crippen molar-refractivity contribution >= 4 is 11.3 Å². The number of hydrogen-bond acceptors (Lipinski definition) is 3. The van der Waals surface area contributed by atoms with E-state index in [0.717, 1.165) is 6.42 Å². The molecule has 0 aliphatic heterocycles. The lowest BCUT2D eigenvalue weighted by Crippen LogP contribution is -2.20. The lowest BCUT2D eigenvalue weighted by Gasteiger charge is -2.33. The normalized spacial score (nSPS) is 21.2. The SMILES string of the molecule is CC1(C)CCC(c2nc(CCN)cs2)CC1. The Kier molecular flexibility index (Phi) is 3.65. The summed E-state index contributed by atoms with van der Waals surface area (Å²) in [6.45, 7) is 5.47. The van der Waals surface area contributed by atoms with Gasteiger partial charge in [-0.25, -0.2) is 4.98 Å². The molecule has 0 unspecified atom stereocenters. The van der Waals surface area contributed by atoms with Crippen LogP contribution in [0, 0.1) is 5.41 Å². The fourth-order valence-electron chi connectivity index (χ4n) is 2.42. The quantitative estimate of drug-likeness (QED) is 0.877. The van der Waals surface area contributed by atoms with Gasteiger partial charge in [-0.15, -0.1) is 11.3 Å². The summed E-state index contributed by atoms with van der Waals surface area (Å²) in [6.07, 6.45) is 6.22. The highest BCUT2D eigenvalue weighted by Gasteiger charge is 2.28. The molecule has 0 atom stereocenters. The zero-order chi connectivity index (χ0) is 11.6. The van der Waals surface area contributed by atoms with Crippen LogP contribution in [0.3, 0.4) is 0 Å². The molecule has 2 N–H and O–H groups in total. The third kappa shape index (κ3) is 2.83. The molecule has 90 valence electrons. The monoisotopic (exact) mass is 238 g/mol. The van der Waals surface area contributed by atoms with Gasteiger partial charge in [0.1, 0.15) is 0 Å². The van der Waals surface area contributed by atoms with Gasteiger partial charge in [0.25, 0.3) is 0 Å². The van der Waals surface area contributed by atoms with Crippen molar-refractivity contribution in [1.82, 2.24) is 4.98 Å². The number of aromatic nitrogens is 1. The molecule has 0 radical (unpaired) electrons. The standard InChI is InChI=1S/C13H22N2S/c1-13(2)6-3-10(4-7-13)12-15-11(5-8-14)9-16-12/h9-10H,3-8,14H2,1-2H3. The van der Waals surface area contributed by atoms with Crippen molar-refractivity contribution in [3.8, 4) is 0 Å². The minimum absolute atomic E-state index is 0.549. The Bertz CT molecular complexity index is 333. The first-order valence-electron chi connectivity index (χ1n) is 6.25. The molecule has 3 heteroatoms. The van der Waals surface area contributed by atoms with Gasteiger partial charge in [0.15, 0.2) is 0 Å². The van der Waals surface area contributed by atoms with Crippen LogP contribution < -0.4 is 5.73 Å². The number of nitrogens with two attached hydrogens (primary N) is 1. The molecular weight excluding hydrogens is 216 g/mol. The third-order valence-corrected chi connectivity index (χ3v) is 4.71. The molecule has 0 spiro atoms. The smallest absolute Gasteiger partial charge is 0.0959 e. The van der Waals surface area contributed by atoms with Crippen molar-refractivity contribution in [1.29, 1.82) is 0 Å². The maximum Gasteiger partial charge on any atom is 0.0959 e. The van der Waals surface area contributed by atoms with Crippen LogP contribution >= 0.6 is 11.3 Å². The average Bonchev–Trinajstić information content (AvgIpc) is 2.67. The molecule has 1 saturated carbocycles. The highest BCUT2D eigenvalue weighted by atomic mass is 32.1. The highest BCUT2D eigenvalue weighted by molar-refractivity contribution is 7.09. The lowest BCUT2D eigenvalue weighted by atomic mass is 9.73. The van der Waals surface area contributed by atoms with Crippen LogP contribution in [0.4, 0.5) is 0 Å². The van der Waals surface area contributed by atoms with E-state index >= 15 is 0 Å². The second-order valence-electron chi connectivity index (χ2n) is 5.65. The molecule has 1 aliphatic carbocycles. The van der Waals surface area contributed by atoms with E-state index in [0.29, 0.717) is 17.9 Å². The first-order chi connectivity index (χ1) is 7.61. The Morgan fingerprint density at radius 1 is 1.44 bits per heavy atom. The maximum absolute atomic E-state index is 5.55. The fraction of sp³-hybridized carbons (Fsp3) is 0.769. The minimum atomic E-state index is 0.549. The van der Waals surface area contributed by atoms with Crippen molar-refractivity contribution < 1.29 is 0 Å². The van der Waals surface area contributed by atoms with Gasteiger partial charge in [-0.05, 0) is 37.6 Å². The molecular formula is C13H22N2S. The van der Waals surface area contributed by atoms with E-state index in [2.05, 4.69) is 19.2 Å². The largest absolute Gasteiger partial charge is 0.330 e. The number of thiazole rings is 1. The van der Waals surface area contributed by atoms with Gasteiger partial charge in [0, 0.05) is 17.7 Å². The van der Waals surface area contributed by atoms with E-state index < -0.39 is 0 Å². The summed E-state index contributed by atoms with van der Waals surface area (Å²) >= 11 is 1.83. The van der Waals surface area contributed by atoms with Crippen LogP contribution in [-0.2, 0) is 6.42 Å². The van der Waals surface area contributed by atoms with E-state index in [-0.39, 0.29) is 0 Å². The van der Waals surface area contributed by atoms with Crippen LogP contribution in [0.2, 0.25) is 0 Å². The Morgan fingerprint density at radius 3 is 2.75 bits per heavy atom. The lowest BCUT2D eigenvalue weighted by molar-refractivity contribution is 0.224. The molecule has 0 amide bonds. The fourth-order valence-corrected chi connectivity index (χ4v) is 3.44. The zero-order valence-electron chi connectivity index (χ0n) is 10.3. The Morgan fingerprint density at radius 2 is 2.12 bits per heavy atom.